The molecule has 1 N–H and O–H groups in total. The summed E-state index contributed by atoms with van der Waals surface area (Å²) < 4.78 is 28.7. The maximum atomic E-state index is 11.7. The van der Waals surface area contributed by atoms with Gasteiger partial charge < -0.3 is 10.1 Å². The van der Waals surface area contributed by atoms with Crippen molar-refractivity contribution in [2.24, 2.45) is 0 Å². The third-order valence-electron chi connectivity index (χ3n) is 3.66. The number of nitro groups is 1. The average Bonchev–Trinajstić information content (AvgIpc) is 2.85. The summed E-state index contributed by atoms with van der Waals surface area (Å²) in [6.07, 6.45) is 3.57. The van der Waals surface area contributed by atoms with Crippen molar-refractivity contribution in [2.75, 3.05) is 18.7 Å². The van der Waals surface area contributed by atoms with Crippen LogP contribution in [0.25, 0.3) is 0 Å². The Bertz CT molecular complexity index is 644. The summed E-state index contributed by atoms with van der Waals surface area (Å²) in [5, 5.41) is 14.3. The van der Waals surface area contributed by atoms with Gasteiger partial charge in [0.05, 0.1) is 11.0 Å². The van der Waals surface area contributed by atoms with E-state index in [0.29, 0.717) is 0 Å². The molecular formula is C13H18N2O5S. The Morgan fingerprint density at radius 2 is 2.10 bits per heavy atom. The largest absolute Gasteiger partial charge is 0.381 e. The summed E-state index contributed by atoms with van der Waals surface area (Å²) >= 11 is 0. The van der Waals surface area contributed by atoms with Gasteiger partial charge in [-0.3, -0.25) is 10.1 Å². The van der Waals surface area contributed by atoms with Crippen molar-refractivity contribution in [3.63, 3.8) is 0 Å². The van der Waals surface area contributed by atoms with Gasteiger partial charge in [-0.15, -0.1) is 0 Å². The molecule has 0 bridgehead atoms. The molecule has 2 unspecified atom stereocenters. The van der Waals surface area contributed by atoms with Crippen LogP contribution in [0.15, 0.2) is 23.1 Å². The summed E-state index contributed by atoms with van der Waals surface area (Å²) in [5.41, 5.74) is -0.148. The van der Waals surface area contributed by atoms with Crippen LogP contribution in [0.5, 0.6) is 0 Å². The van der Waals surface area contributed by atoms with Crippen LogP contribution in [0.4, 0.5) is 11.4 Å². The number of nitro benzene ring substituents is 1. The van der Waals surface area contributed by atoms with E-state index < -0.39 is 14.8 Å². The highest BCUT2D eigenvalue weighted by atomic mass is 32.2. The number of para-hydroxylation sites is 1. The zero-order valence-electron chi connectivity index (χ0n) is 11.9. The second-order valence-electron chi connectivity index (χ2n) is 5.19. The molecule has 1 aromatic carbocycles. The van der Waals surface area contributed by atoms with E-state index in [0.717, 1.165) is 25.5 Å². The van der Waals surface area contributed by atoms with Crippen molar-refractivity contribution < 1.29 is 18.1 Å². The Morgan fingerprint density at radius 1 is 1.38 bits per heavy atom. The molecule has 116 valence electrons. The van der Waals surface area contributed by atoms with Crippen LogP contribution < -0.4 is 5.32 Å². The number of rotatable bonds is 5. The molecule has 0 spiro atoms. The number of benzene rings is 1. The van der Waals surface area contributed by atoms with Crippen molar-refractivity contribution in [1.82, 2.24) is 0 Å². The highest BCUT2D eigenvalue weighted by molar-refractivity contribution is 7.90. The molecule has 21 heavy (non-hydrogen) atoms. The number of ether oxygens (including phenoxy) is 1. The minimum atomic E-state index is -3.66. The molecule has 0 heterocycles. The van der Waals surface area contributed by atoms with Crippen molar-refractivity contribution >= 4 is 21.2 Å². The standard InChI is InChI=1S/C13H18N2O5S/c1-20-10-7-6-9(8-10)14-11-4-3-5-12(21(2,18)19)13(11)15(16)17/h3-5,9-10,14H,6-8H2,1-2H3. The quantitative estimate of drug-likeness (QED) is 0.659. The highest BCUT2D eigenvalue weighted by Crippen LogP contribution is 2.34. The van der Waals surface area contributed by atoms with Gasteiger partial charge in [-0.2, -0.15) is 0 Å². The first-order valence-electron chi connectivity index (χ1n) is 6.59. The van der Waals surface area contributed by atoms with Gasteiger partial charge >= 0.3 is 5.69 Å². The number of sulfone groups is 1. The normalized spacial score (nSPS) is 22.2. The van der Waals surface area contributed by atoms with Crippen LogP contribution in [-0.4, -0.2) is 38.9 Å². The van der Waals surface area contributed by atoms with Crippen molar-refractivity contribution in [3.8, 4) is 0 Å². The van der Waals surface area contributed by atoms with Gasteiger partial charge in [-0.05, 0) is 31.4 Å². The van der Waals surface area contributed by atoms with Crippen LogP contribution in [-0.2, 0) is 14.6 Å². The molecule has 1 aromatic rings. The Morgan fingerprint density at radius 3 is 2.62 bits per heavy atom. The van der Waals surface area contributed by atoms with Crippen LogP contribution in [0.3, 0.4) is 0 Å². The molecule has 8 heteroatoms. The molecule has 2 rings (SSSR count). The molecule has 7 nitrogen and oxygen atoms in total. The number of hydrogen-bond donors (Lipinski definition) is 1. The number of nitrogens with zero attached hydrogens (tertiary/aromatic N) is 1. The summed E-state index contributed by atoms with van der Waals surface area (Å²) in [7, 11) is -2.02. The lowest BCUT2D eigenvalue weighted by atomic mass is 10.2. The second kappa shape index (κ2) is 5.98. The van der Waals surface area contributed by atoms with E-state index in [-0.39, 0.29) is 28.4 Å². The lowest BCUT2D eigenvalue weighted by molar-refractivity contribution is -0.386. The van der Waals surface area contributed by atoms with Crippen LogP contribution in [0.1, 0.15) is 19.3 Å². The van der Waals surface area contributed by atoms with Crippen molar-refractivity contribution in [1.29, 1.82) is 0 Å². The predicted molar refractivity (Wildman–Crippen MR) is 78.3 cm³/mol. The van der Waals surface area contributed by atoms with E-state index in [2.05, 4.69) is 5.32 Å². The van der Waals surface area contributed by atoms with Gasteiger partial charge in [-0.25, -0.2) is 8.42 Å². The molecular weight excluding hydrogens is 296 g/mol. The van der Waals surface area contributed by atoms with Gasteiger partial charge in [0.1, 0.15) is 10.6 Å². The smallest absolute Gasteiger partial charge is 0.310 e. The Hall–Kier alpha value is -1.67. The second-order valence-corrected chi connectivity index (χ2v) is 7.18. The Balaban J connectivity index is 2.34. The van der Waals surface area contributed by atoms with Crippen molar-refractivity contribution in [3.05, 3.63) is 28.3 Å². The Labute approximate surface area is 123 Å². The number of anilines is 1. The minimum Gasteiger partial charge on any atom is -0.381 e. The summed E-state index contributed by atoms with van der Waals surface area (Å²) in [5.74, 6) is 0. The molecule has 0 radical (unpaired) electrons. The topological polar surface area (TPSA) is 98.5 Å². The van der Waals surface area contributed by atoms with E-state index in [4.69, 9.17) is 4.74 Å². The fourth-order valence-electron chi connectivity index (χ4n) is 2.63. The predicted octanol–water partition coefficient (Wildman–Crippen LogP) is 1.98. The Kier molecular flexibility index (Phi) is 4.48. The molecule has 1 saturated carbocycles. The molecule has 0 amide bonds. The third kappa shape index (κ3) is 3.51. The molecule has 2 atom stereocenters. The maximum Gasteiger partial charge on any atom is 0.310 e. The summed E-state index contributed by atoms with van der Waals surface area (Å²) in [6.45, 7) is 0. The van der Waals surface area contributed by atoms with Crippen molar-refractivity contribution in [2.45, 2.75) is 36.3 Å². The maximum absolute atomic E-state index is 11.7. The van der Waals surface area contributed by atoms with Crippen LogP contribution in [0.2, 0.25) is 0 Å². The minimum absolute atomic E-state index is 0.0449. The van der Waals surface area contributed by atoms with Gasteiger partial charge in [0.25, 0.3) is 0 Å². The van der Waals surface area contributed by atoms with E-state index in [9.17, 15) is 18.5 Å². The average molecular weight is 314 g/mol. The molecule has 1 aliphatic carbocycles. The molecule has 1 aliphatic rings. The lowest BCUT2D eigenvalue weighted by Gasteiger charge is -2.15. The molecule has 0 saturated heterocycles. The first-order chi connectivity index (χ1) is 9.82. The molecule has 1 fully saturated rings. The van der Waals surface area contributed by atoms with Crippen LogP contribution in [0, 0.1) is 10.1 Å². The van der Waals surface area contributed by atoms with Gasteiger partial charge in [0, 0.05) is 19.4 Å². The number of hydrogen-bond acceptors (Lipinski definition) is 6. The number of methoxy groups -OCH3 is 1. The van der Waals surface area contributed by atoms with E-state index in [1.54, 1.807) is 7.11 Å². The van der Waals surface area contributed by atoms with Gasteiger partial charge in [0.2, 0.25) is 0 Å². The fourth-order valence-corrected chi connectivity index (χ4v) is 3.49. The van der Waals surface area contributed by atoms with Crippen LogP contribution >= 0.6 is 0 Å². The zero-order chi connectivity index (χ0) is 15.6. The van der Waals surface area contributed by atoms with E-state index in [1.165, 1.54) is 18.2 Å². The number of nitrogens with one attached hydrogen (secondary N) is 1. The third-order valence-corrected chi connectivity index (χ3v) is 4.79. The first kappa shape index (κ1) is 15.7. The highest BCUT2D eigenvalue weighted by Gasteiger charge is 2.30. The molecule has 0 aliphatic heterocycles. The monoisotopic (exact) mass is 314 g/mol. The lowest BCUT2D eigenvalue weighted by Crippen LogP contribution is -2.18. The van der Waals surface area contributed by atoms with E-state index >= 15 is 0 Å². The first-order valence-corrected chi connectivity index (χ1v) is 8.49. The van der Waals surface area contributed by atoms with Gasteiger partial charge in [-0.1, -0.05) is 6.07 Å². The summed E-state index contributed by atoms with van der Waals surface area (Å²) in [4.78, 5) is 10.3. The fraction of sp³-hybridized carbons (Fsp3) is 0.538. The summed E-state index contributed by atoms with van der Waals surface area (Å²) in [6, 6.07) is 4.34. The van der Waals surface area contributed by atoms with E-state index in [1.807, 2.05) is 0 Å². The zero-order valence-corrected chi connectivity index (χ0v) is 12.7. The van der Waals surface area contributed by atoms with Gasteiger partial charge in [0.15, 0.2) is 9.84 Å². The molecule has 0 aromatic heterocycles. The SMILES string of the molecule is COC1CCC(Nc2cccc(S(C)(=O)=O)c2[N+](=O)[O-])C1.